The number of ether oxygens (including phenoxy) is 2. The second kappa shape index (κ2) is 14.3. The molecule has 38 heavy (non-hydrogen) atoms. The molecule has 0 bridgehead atoms. The van der Waals surface area contributed by atoms with E-state index < -0.39 is 40.9 Å². The zero-order chi connectivity index (χ0) is 28.6. The molecule has 9 heteroatoms. The van der Waals surface area contributed by atoms with Crippen molar-refractivity contribution in [2.45, 2.75) is 73.1 Å². The second-order valence-electron chi connectivity index (χ2n) is 9.84. The van der Waals surface area contributed by atoms with Crippen molar-refractivity contribution >= 4 is 46.1 Å². The number of halogens is 1. The Morgan fingerprint density at radius 2 is 1.26 bits per heavy atom. The molecule has 0 aromatic heterocycles. The molecule has 0 spiro atoms. The minimum absolute atomic E-state index is 0.0252. The zero-order valence-electron chi connectivity index (χ0n) is 22.8. The van der Waals surface area contributed by atoms with Gasteiger partial charge in [0.15, 0.2) is 0 Å². The van der Waals surface area contributed by atoms with Gasteiger partial charge in [-0.1, -0.05) is 24.6 Å². The topological polar surface area (TPSA) is 121 Å². The number of carbonyl (C=O) groups excluding carboxylic acids is 6. The normalized spacial score (nSPS) is 22.5. The molecule has 2 fully saturated rings. The molecule has 0 aliphatic heterocycles. The summed E-state index contributed by atoms with van der Waals surface area (Å²) in [5.41, 5.74) is 4.48. The summed E-state index contributed by atoms with van der Waals surface area (Å²) in [7, 11) is 0. The summed E-state index contributed by atoms with van der Waals surface area (Å²) in [6.45, 7) is 10.0. The van der Waals surface area contributed by atoms with E-state index in [1.165, 1.54) is 5.56 Å². The molecule has 3 rings (SSSR count). The van der Waals surface area contributed by atoms with Crippen LogP contribution in [0.4, 0.5) is 0 Å². The number of hydrogen-bond donors (Lipinski definition) is 0. The SMILES string of the molecule is CCOC(=O)[C@@H]1CC(=O)C[C@H]1C(=O)Cc1c(C)cc(C)cc1CC.CCOC(=O)[C@@H]1CC(=O)C[C@H]1C(=O)Cl. The molecule has 8 nitrogen and oxygen atoms in total. The van der Waals surface area contributed by atoms with E-state index in [1.54, 1.807) is 13.8 Å². The van der Waals surface area contributed by atoms with Gasteiger partial charge in [0.1, 0.15) is 17.3 Å². The molecule has 1 aromatic carbocycles. The lowest BCUT2D eigenvalue weighted by Crippen LogP contribution is -2.28. The van der Waals surface area contributed by atoms with Gasteiger partial charge in [0.2, 0.25) is 5.24 Å². The van der Waals surface area contributed by atoms with E-state index in [0.717, 1.165) is 23.1 Å². The summed E-state index contributed by atoms with van der Waals surface area (Å²) in [5, 5.41) is -0.631. The maximum Gasteiger partial charge on any atom is 0.310 e. The van der Waals surface area contributed by atoms with Crippen LogP contribution in [0, 0.1) is 37.5 Å². The first-order chi connectivity index (χ1) is 17.9. The van der Waals surface area contributed by atoms with Crippen molar-refractivity contribution in [3.63, 3.8) is 0 Å². The van der Waals surface area contributed by atoms with Crippen LogP contribution in [-0.2, 0) is 51.1 Å². The lowest BCUT2D eigenvalue weighted by Gasteiger charge is -2.18. The van der Waals surface area contributed by atoms with Crippen LogP contribution in [0.3, 0.4) is 0 Å². The molecule has 1 aromatic rings. The number of Topliss-reactive ketones (excluding diaryl/α,β-unsaturated/α-hetero) is 3. The van der Waals surface area contributed by atoms with E-state index in [1.807, 2.05) is 13.8 Å². The summed E-state index contributed by atoms with van der Waals surface area (Å²) in [6.07, 6.45) is 1.56. The molecule has 2 aliphatic rings. The molecule has 208 valence electrons. The third-order valence-electron chi connectivity index (χ3n) is 7.09. The molecule has 0 unspecified atom stereocenters. The van der Waals surface area contributed by atoms with Gasteiger partial charge in [0.05, 0.1) is 31.0 Å². The highest BCUT2D eigenvalue weighted by molar-refractivity contribution is 6.64. The van der Waals surface area contributed by atoms with Crippen LogP contribution in [-0.4, -0.2) is 47.7 Å². The first-order valence-corrected chi connectivity index (χ1v) is 13.5. The highest BCUT2D eigenvalue weighted by Crippen LogP contribution is 2.33. The number of hydrogen-bond acceptors (Lipinski definition) is 8. The van der Waals surface area contributed by atoms with Crippen molar-refractivity contribution in [2.24, 2.45) is 23.7 Å². The third-order valence-corrected chi connectivity index (χ3v) is 7.37. The van der Waals surface area contributed by atoms with Gasteiger partial charge in [-0.3, -0.25) is 28.8 Å². The molecule has 4 atom stereocenters. The van der Waals surface area contributed by atoms with Gasteiger partial charge in [0.25, 0.3) is 0 Å². The van der Waals surface area contributed by atoms with Crippen molar-refractivity contribution in [1.82, 2.24) is 0 Å². The van der Waals surface area contributed by atoms with Gasteiger partial charge in [-0.15, -0.1) is 0 Å². The Kier molecular flexibility index (Phi) is 11.8. The maximum atomic E-state index is 12.8. The van der Waals surface area contributed by atoms with Gasteiger partial charge in [0, 0.05) is 38.0 Å². The highest BCUT2D eigenvalue weighted by Gasteiger charge is 2.43. The summed E-state index contributed by atoms with van der Waals surface area (Å²) in [5.74, 6) is -3.60. The van der Waals surface area contributed by atoms with Crippen LogP contribution in [0.2, 0.25) is 0 Å². The molecule has 0 amide bonds. The van der Waals surface area contributed by atoms with Crippen molar-refractivity contribution in [2.75, 3.05) is 13.2 Å². The fraction of sp³-hybridized carbons (Fsp3) is 0.586. The smallest absolute Gasteiger partial charge is 0.310 e. The van der Waals surface area contributed by atoms with E-state index >= 15 is 0 Å². The van der Waals surface area contributed by atoms with Crippen LogP contribution < -0.4 is 0 Å². The van der Waals surface area contributed by atoms with Crippen LogP contribution in [0.25, 0.3) is 0 Å². The van der Waals surface area contributed by atoms with Crippen LogP contribution >= 0.6 is 11.6 Å². The summed E-state index contributed by atoms with van der Waals surface area (Å²) in [4.78, 5) is 70.0. The monoisotopic (exact) mass is 548 g/mol. The predicted molar refractivity (Wildman–Crippen MR) is 141 cm³/mol. The van der Waals surface area contributed by atoms with Gasteiger partial charge in [-0.25, -0.2) is 0 Å². The van der Waals surface area contributed by atoms with E-state index in [9.17, 15) is 28.8 Å². The van der Waals surface area contributed by atoms with Gasteiger partial charge >= 0.3 is 11.9 Å². The first kappa shape index (κ1) is 31.3. The van der Waals surface area contributed by atoms with E-state index in [4.69, 9.17) is 21.1 Å². The number of benzene rings is 1. The van der Waals surface area contributed by atoms with E-state index in [0.29, 0.717) is 0 Å². The number of carbonyl (C=O) groups is 6. The minimum atomic E-state index is -0.691. The summed E-state index contributed by atoms with van der Waals surface area (Å²) >= 11 is 5.29. The van der Waals surface area contributed by atoms with Crippen LogP contribution in [0.5, 0.6) is 0 Å². The molecule has 0 saturated heterocycles. The highest BCUT2D eigenvalue weighted by atomic mass is 35.5. The van der Waals surface area contributed by atoms with E-state index in [-0.39, 0.29) is 62.7 Å². The first-order valence-electron chi connectivity index (χ1n) is 13.1. The fourth-order valence-corrected chi connectivity index (χ4v) is 5.48. The lowest BCUT2D eigenvalue weighted by molar-refractivity contribution is -0.151. The maximum absolute atomic E-state index is 12.8. The average molecular weight is 549 g/mol. The Morgan fingerprint density at radius 1 is 0.789 bits per heavy atom. The zero-order valence-corrected chi connectivity index (χ0v) is 23.5. The molecule has 0 heterocycles. The number of rotatable bonds is 9. The Bertz CT molecular complexity index is 1090. The third kappa shape index (κ3) is 8.06. The Labute approximate surface area is 228 Å². The van der Waals surface area contributed by atoms with Crippen molar-refractivity contribution in [1.29, 1.82) is 0 Å². The molecule has 0 radical (unpaired) electrons. The second-order valence-corrected chi connectivity index (χ2v) is 10.2. The quantitative estimate of drug-likeness (QED) is 0.335. The largest absolute Gasteiger partial charge is 0.466 e. The number of esters is 2. The van der Waals surface area contributed by atoms with E-state index in [2.05, 4.69) is 19.1 Å². The van der Waals surface area contributed by atoms with Crippen LogP contribution in [0.1, 0.15) is 68.7 Å². The molecule has 2 saturated carbocycles. The fourth-order valence-electron chi connectivity index (χ4n) is 5.25. The van der Waals surface area contributed by atoms with Crippen LogP contribution in [0.15, 0.2) is 12.1 Å². The average Bonchev–Trinajstić information content (AvgIpc) is 3.44. The predicted octanol–water partition coefficient (Wildman–Crippen LogP) is 4.05. The Balaban J connectivity index is 0.000000308. The van der Waals surface area contributed by atoms with Crippen molar-refractivity contribution in [3.8, 4) is 0 Å². The van der Waals surface area contributed by atoms with Gasteiger partial charge in [-0.05, 0) is 62.4 Å². The standard InChI is InChI=1S/C20H26O4.C9H11ClO4/c1-5-14-8-12(3)7-13(4)16(14)11-19(22)17-9-15(21)10-18(17)20(23)24-6-2;1-2-14-9(13)7-4-5(11)3-6(7)8(10)12/h7-8,17-18H,5-6,9-11H2,1-4H3;6-7H,2-4H2,1H3/t17-,18-;6-,7-/m11/s1. The molecular weight excluding hydrogens is 512 g/mol. The minimum Gasteiger partial charge on any atom is -0.466 e. The van der Waals surface area contributed by atoms with Crippen molar-refractivity contribution in [3.05, 3.63) is 34.4 Å². The Morgan fingerprint density at radius 3 is 1.74 bits per heavy atom. The van der Waals surface area contributed by atoms with Gasteiger partial charge < -0.3 is 9.47 Å². The molecular formula is C29H37ClO8. The Hall–Kier alpha value is -2.87. The number of ketones is 3. The van der Waals surface area contributed by atoms with Gasteiger partial charge in [-0.2, -0.15) is 0 Å². The summed E-state index contributed by atoms with van der Waals surface area (Å²) < 4.78 is 9.80. The van der Waals surface area contributed by atoms with Crippen molar-refractivity contribution < 1.29 is 38.2 Å². The summed E-state index contributed by atoms with van der Waals surface area (Å²) in [6, 6.07) is 4.18. The lowest BCUT2D eigenvalue weighted by atomic mass is 9.86. The number of aryl methyl sites for hydroxylation is 3. The molecule has 2 aliphatic carbocycles. The molecule has 0 N–H and O–H groups in total.